The number of alkyl carbamates (subject to hydrolysis) is 3. The smallest absolute Gasteiger partial charge is 0.870 e. The van der Waals surface area contributed by atoms with Gasteiger partial charge in [-0.25, -0.2) is 24.0 Å². The number of carboxylic acids is 2. The fourth-order valence-corrected chi connectivity index (χ4v) is 7.35. The van der Waals surface area contributed by atoms with Crippen LogP contribution in [0.5, 0.6) is 0 Å². The molecule has 0 unspecified atom stereocenters. The molecule has 3 fully saturated rings. The maximum absolute atomic E-state index is 12.7. The van der Waals surface area contributed by atoms with Gasteiger partial charge in [0.05, 0.1) is 35.9 Å². The minimum Gasteiger partial charge on any atom is -0.870 e. The quantitative estimate of drug-likeness (QED) is 0.139. The number of alkyl halides is 1. The molecule has 0 aromatic rings. The molecule has 6 N–H and O–H groups in total. The predicted octanol–water partition coefficient (Wildman–Crippen LogP) is 2.68. The summed E-state index contributed by atoms with van der Waals surface area (Å²) in [5.41, 5.74) is 0. The molecule has 380 valence electrons. The van der Waals surface area contributed by atoms with Gasteiger partial charge in [0.2, 0.25) is 11.8 Å². The average molecular weight is 947 g/mol. The van der Waals surface area contributed by atoms with Crippen LogP contribution in [0.15, 0.2) is 0 Å². The van der Waals surface area contributed by atoms with Gasteiger partial charge in [-0.2, -0.15) is 0 Å². The van der Waals surface area contributed by atoms with Gasteiger partial charge in [-0.05, 0) is 96.3 Å². The van der Waals surface area contributed by atoms with Crippen LogP contribution in [0.25, 0.3) is 0 Å². The summed E-state index contributed by atoms with van der Waals surface area (Å²) in [6.07, 6.45) is 4.03. The Hall–Kier alpha value is -4.48. The van der Waals surface area contributed by atoms with E-state index in [-0.39, 0.29) is 85.2 Å². The molecule has 20 nitrogen and oxygen atoms in total. The second-order valence-corrected chi connectivity index (χ2v) is 17.0. The van der Waals surface area contributed by atoms with Crippen LogP contribution in [0.1, 0.15) is 130 Å². The first kappa shape index (κ1) is 68.1. The molecule has 0 aromatic carbocycles. The Kier molecular flexibility index (Phi) is 36.8. The average Bonchev–Trinajstić information content (AvgIpc) is 3.95. The Balaban J connectivity index is -0.000000256. The number of nitrogens with zero attached hydrogens (tertiary/aromatic N) is 2. The Morgan fingerprint density at radius 1 is 0.606 bits per heavy atom. The van der Waals surface area contributed by atoms with Crippen molar-refractivity contribution in [2.45, 2.75) is 171 Å². The van der Waals surface area contributed by atoms with Crippen molar-refractivity contribution in [1.29, 1.82) is 0 Å². The van der Waals surface area contributed by atoms with E-state index in [0.717, 1.165) is 25.2 Å². The minimum atomic E-state index is -1.06. The third-order valence-corrected chi connectivity index (χ3v) is 11.0. The van der Waals surface area contributed by atoms with Crippen molar-refractivity contribution in [2.24, 2.45) is 29.6 Å². The standard InChI is InChI=1S/C14H24N2O4.C13H22N2O5.C8H14O.C7H13NO4.CH3F.CH4.Li.H2O/c1-8(2)12(15-14(19)20-5)13(18)16-9(3)6-7-11(16)10(4)17;1-7(2)10(14-13(19)20-4)11(16)15-8(3)5-6-9(15)12(17)18;1-6-3-4-8(5-6)7(2)9;1-4(2)5(6(9)10)8-7(11)12-3;1-2;;;/h8-9,11-12H,6-7H2,1-5H3,(H,15,19);7-10H,5-6H2,1-4H3,(H,14,19)(H,17,18);6,8H,3-5H2,1-2H3;4-5H,1-3H3,(H,8,11)(H,9,10);1H3;1H4;;1H2/q;;;;;;+1;/p-1/t9-,11-,12-;8-,9-,10-;6-,8+;5-;;;;/m0000..../s1/i;;;;1D;;;. The molecule has 2 saturated heterocycles. The SMILES string of the molecule is C.CC(=O)[C@@H]1CC[C@H](C)C1.COC(=O)N[C@H](C(=O)N1[C@@H](C)CC[C@H]1C(=O)O)C(C)C.COC(=O)N[C@H](C(=O)N1[C@@H](C)CC[C@H]1C(C)=O)C(C)C.COC(=O)N[C@H](C(=O)O)C(C)C.[2H]CF.[Li+].[OH-]. The number of hydrogen-bond donors (Lipinski definition) is 5. The van der Waals surface area contributed by atoms with Crippen LogP contribution in [0.2, 0.25) is 0 Å². The number of ether oxygens (including phenoxy) is 3. The summed E-state index contributed by atoms with van der Waals surface area (Å²) in [5, 5.41) is 25.1. The Bertz CT molecular complexity index is 1470. The third kappa shape index (κ3) is 23.8. The Labute approximate surface area is 404 Å². The fraction of sp³-hybridized carbons (Fsp3) is 0.795. The number of carbonyl (C=O) groups is 9. The number of aliphatic carboxylic acids is 2. The fourth-order valence-electron chi connectivity index (χ4n) is 7.35. The number of methoxy groups -OCH3 is 3. The number of Topliss-reactive ketones (excluding diaryl/α,β-unsaturated/α-hetero) is 2. The van der Waals surface area contributed by atoms with E-state index in [1.807, 2.05) is 27.7 Å². The summed E-state index contributed by atoms with van der Waals surface area (Å²) in [7, 11) is 2.67. The summed E-state index contributed by atoms with van der Waals surface area (Å²) in [6.45, 7) is 19.9. The second-order valence-electron chi connectivity index (χ2n) is 17.0. The minimum absolute atomic E-state index is 0. The molecule has 2 heterocycles. The summed E-state index contributed by atoms with van der Waals surface area (Å²) in [5.74, 6) is -1.49. The van der Waals surface area contributed by atoms with Gasteiger partial charge in [0.25, 0.3) is 0 Å². The van der Waals surface area contributed by atoms with E-state index >= 15 is 0 Å². The molecule has 66 heavy (non-hydrogen) atoms. The van der Waals surface area contributed by atoms with E-state index < -0.39 is 61.5 Å². The van der Waals surface area contributed by atoms with Gasteiger partial charge in [-0.3, -0.25) is 23.6 Å². The second kappa shape index (κ2) is 35.7. The number of nitrogens with one attached hydrogen (secondary N) is 3. The number of likely N-dealkylation sites (tertiary alicyclic amines) is 2. The van der Waals surface area contributed by atoms with E-state index in [1.165, 1.54) is 39.6 Å². The molecule has 0 radical (unpaired) electrons. The third-order valence-electron chi connectivity index (χ3n) is 11.0. The van der Waals surface area contributed by atoms with Crippen LogP contribution < -0.4 is 34.8 Å². The first-order valence-corrected chi connectivity index (χ1v) is 21.2. The molecule has 3 rings (SSSR count). The van der Waals surface area contributed by atoms with Crippen LogP contribution in [0, 0.1) is 29.6 Å². The normalized spacial score (nSPS) is 21.6. The van der Waals surface area contributed by atoms with Crippen LogP contribution >= 0.6 is 0 Å². The van der Waals surface area contributed by atoms with Crippen molar-refractivity contribution in [3.05, 3.63) is 0 Å². The van der Waals surface area contributed by atoms with Crippen LogP contribution in [-0.2, 0) is 43.0 Å². The van der Waals surface area contributed by atoms with Gasteiger partial charge in [-0.15, -0.1) is 0 Å². The van der Waals surface area contributed by atoms with Crippen LogP contribution in [0.4, 0.5) is 18.8 Å². The maximum Gasteiger partial charge on any atom is 1.00 e. The molecule has 22 heteroatoms. The Morgan fingerprint density at radius 2 is 0.939 bits per heavy atom. The monoisotopic (exact) mass is 947 g/mol. The van der Waals surface area contributed by atoms with Gasteiger partial charge < -0.3 is 55.7 Å². The number of ketones is 2. The molecule has 0 aromatic heterocycles. The Morgan fingerprint density at radius 3 is 1.18 bits per heavy atom. The predicted molar refractivity (Wildman–Crippen MR) is 240 cm³/mol. The van der Waals surface area contributed by atoms with Crippen LogP contribution in [-0.4, -0.2) is 150 Å². The van der Waals surface area contributed by atoms with E-state index in [4.69, 9.17) is 6.48 Å². The molecule has 2 aliphatic heterocycles. The zero-order chi connectivity index (χ0) is 50.2. The van der Waals surface area contributed by atoms with Gasteiger partial charge in [0, 0.05) is 18.0 Å². The zero-order valence-corrected chi connectivity index (χ0v) is 41.1. The van der Waals surface area contributed by atoms with Crippen molar-refractivity contribution in [1.82, 2.24) is 25.8 Å². The van der Waals surface area contributed by atoms with Crippen LogP contribution in [0.3, 0.4) is 0 Å². The van der Waals surface area contributed by atoms with Gasteiger partial charge in [0.15, 0.2) is 5.78 Å². The largest absolute Gasteiger partial charge is 1.00 e. The van der Waals surface area contributed by atoms with Crippen molar-refractivity contribution in [3.63, 3.8) is 0 Å². The van der Waals surface area contributed by atoms with Crippen molar-refractivity contribution < 1.29 is 97.7 Å². The van der Waals surface area contributed by atoms with Gasteiger partial charge in [0.1, 0.15) is 30.0 Å². The molecule has 9 atom stereocenters. The number of carboxylic acid groups (broad SMARTS) is 2. The molecule has 3 aliphatic rings. The number of amides is 5. The number of halogens is 1. The summed E-state index contributed by atoms with van der Waals surface area (Å²) in [6, 6.07) is -3.69. The van der Waals surface area contributed by atoms with Gasteiger partial charge >= 0.3 is 49.1 Å². The molecular formula is C44H81FLiN5O15. The summed E-state index contributed by atoms with van der Waals surface area (Å²) >= 11 is 0. The van der Waals surface area contributed by atoms with E-state index in [0.29, 0.717) is 31.0 Å². The molecule has 0 bridgehead atoms. The molecular weight excluding hydrogens is 864 g/mol. The molecule has 5 amide bonds. The topological polar surface area (TPSA) is 294 Å². The first-order valence-electron chi connectivity index (χ1n) is 21.9. The number of rotatable bonds is 12. The summed E-state index contributed by atoms with van der Waals surface area (Å²) in [4.78, 5) is 106. The number of carbonyl (C=O) groups excluding carboxylic acids is 7. The van der Waals surface area contributed by atoms with Crippen molar-refractivity contribution in [2.75, 3.05) is 28.5 Å². The summed E-state index contributed by atoms with van der Waals surface area (Å²) < 4.78 is 28.8. The zero-order valence-electron chi connectivity index (χ0n) is 42.1. The first-order chi connectivity index (χ1) is 29.7. The van der Waals surface area contributed by atoms with E-state index in [9.17, 15) is 52.6 Å². The van der Waals surface area contributed by atoms with Crippen molar-refractivity contribution >= 4 is 53.6 Å². The molecule has 1 saturated carbocycles. The van der Waals surface area contributed by atoms with Gasteiger partial charge in [-0.1, -0.05) is 55.9 Å². The maximum atomic E-state index is 12.7. The molecule has 0 spiro atoms. The van der Waals surface area contributed by atoms with E-state index in [2.05, 4.69) is 37.1 Å². The molecule has 1 aliphatic carbocycles. The van der Waals surface area contributed by atoms with Crippen molar-refractivity contribution in [3.8, 4) is 0 Å². The number of hydrogen-bond acceptors (Lipinski definition) is 13. The van der Waals surface area contributed by atoms with E-state index in [1.54, 1.807) is 39.5 Å².